The Morgan fingerprint density at radius 3 is 3.16 bits per heavy atom. The Morgan fingerprint density at radius 2 is 2.42 bits per heavy atom. The van der Waals surface area contributed by atoms with Crippen molar-refractivity contribution in [2.45, 2.75) is 38.8 Å². The summed E-state index contributed by atoms with van der Waals surface area (Å²) >= 11 is 0. The summed E-state index contributed by atoms with van der Waals surface area (Å²) in [5.41, 5.74) is 1.14. The van der Waals surface area contributed by atoms with Crippen LogP contribution in [0.1, 0.15) is 31.7 Å². The van der Waals surface area contributed by atoms with Gasteiger partial charge in [0, 0.05) is 30.5 Å². The predicted octanol–water partition coefficient (Wildman–Crippen LogP) is 2.05. The predicted molar refractivity (Wildman–Crippen MR) is 77.4 cm³/mol. The zero-order chi connectivity index (χ0) is 13.5. The van der Waals surface area contributed by atoms with Gasteiger partial charge in [0.2, 0.25) is 0 Å². The van der Waals surface area contributed by atoms with Gasteiger partial charge in [-0.1, -0.05) is 6.92 Å². The minimum absolute atomic E-state index is 0.694. The van der Waals surface area contributed by atoms with Gasteiger partial charge in [0.1, 0.15) is 5.75 Å². The van der Waals surface area contributed by atoms with Crippen molar-refractivity contribution in [3.8, 4) is 5.75 Å². The first-order valence-corrected chi connectivity index (χ1v) is 7.28. The molecule has 0 spiro atoms. The summed E-state index contributed by atoms with van der Waals surface area (Å²) in [5.74, 6) is 0.969. The van der Waals surface area contributed by atoms with Crippen LogP contribution in [-0.2, 0) is 6.54 Å². The third-order valence-corrected chi connectivity index (χ3v) is 3.80. The maximum absolute atomic E-state index is 5.94. The molecular formula is C15H25N3O. The van der Waals surface area contributed by atoms with Crippen LogP contribution in [0.5, 0.6) is 5.75 Å². The van der Waals surface area contributed by atoms with Crippen LogP contribution in [0.4, 0.5) is 0 Å². The summed E-state index contributed by atoms with van der Waals surface area (Å²) in [4.78, 5) is 6.61. The minimum Gasteiger partial charge on any atom is -0.493 e. The van der Waals surface area contributed by atoms with Gasteiger partial charge in [-0.25, -0.2) is 0 Å². The summed E-state index contributed by atoms with van der Waals surface area (Å²) in [7, 11) is 2.21. The molecule has 1 atom stereocenters. The first kappa shape index (κ1) is 14.3. The second kappa shape index (κ2) is 7.46. The zero-order valence-electron chi connectivity index (χ0n) is 12.1. The van der Waals surface area contributed by atoms with Gasteiger partial charge in [-0.15, -0.1) is 0 Å². The van der Waals surface area contributed by atoms with Crippen LogP contribution in [0.2, 0.25) is 0 Å². The van der Waals surface area contributed by atoms with E-state index in [1.807, 2.05) is 12.3 Å². The van der Waals surface area contributed by atoms with Gasteiger partial charge in [-0.05, 0) is 45.5 Å². The Morgan fingerprint density at radius 1 is 1.53 bits per heavy atom. The number of nitrogens with zero attached hydrogens (tertiary/aromatic N) is 2. The lowest BCUT2D eigenvalue weighted by Gasteiger charge is -2.19. The van der Waals surface area contributed by atoms with Crippen molar-refractivity contribution in [2.75, 3.05) is 26.7 Å². The minimum atomic E-state index is 0.694. The number of nitrogens with one attached hydrogen (secondary N) is 1. The number of hydrogen-bond donors (Lipinski definition) is 1. The molecule has 4 nitrogen and oxygen atoms in total. The average molecular weight is 263 g/mol. The number of ether oxygens (including phenoxy) is 1. The molecule has 0 bridgehead atoms. The smallest absolute Gasteiger partial charge is 0.126 e. The zero-order valence-corrected chi connectivity index (χ0v) is 12.1. The Kier molecular flexibility index (Phi) is 5.61. The number of likely N-dealkylation sites (tertiary alicyclic amines) is 1. The van der Waals surface area contributed by atoms with Crippen LogP contribution >= 0.6 is 0 Å². The van der Waals surface area contributed by atoms with Gasteiger partial charge in [-0.3, -0.25) is 4.98 Å². The SMILES string of the molecule is CCNCc1cnccc1OCCC1CCCN1C. The Labute approximate surface area is 116 Å². The number of hydrogen-bond acceptors (Lipinski definition) is 4. The van der Waals surface area contributed by atoms with Crippen molar-refractivity contribution in [3.05, 3.63) is 24.0 Å². The number of pyridine rings is 1. The van der Waals surface area contributed by atoms with E-state index in [9.17, 15) is 0 Å². The lowest BCUT2D eigenvalue weighted by atomic mass is 10.1. The molecule has 0 amide bonds. The van der Waals surface area contributed by atoms with Crippen molar-refractivity contribution in [1.82, 2.24) is 15.2 Å². The van der Waals surface area contributed by atoms with Crippen LogP contribution in [-0.4, -0.2) is 42.7 Å². The van der Waals surface area contributed by atoms with Crippen LogP contribution in [0, 0.1) is 0 Å². The fraction of sp³-hybridized carbons (Fsp3) is 0.667. The highest BCUT2D eigenvalue weighted by Crippen LogP contribution is 2.20. The Bertz CT molecular complexity index is 383. The fourth-order valence-electron chi connectivity index (χ4n) is 2.60. The van der Waals surface area contributed by atoms with E-state index in [1.165, 1.54) is 19.4 Å². The molecule has 19 heavy (non-hydrogen) atoms. The summed E-state index contributed by atoms with van der Waals surface area (Å²) in [6, 6.07) is 2.66. The summed E-state index contributed by atoms with van der Waals surface area (Å²) in [5, 5.41) is 3.32. The molecule has 0 saturated carbocycles. The van der Waals surface area contributed by atoms with Gasteiger partial charge < -0.3 is 15.0 Å². The molecule has 1 aliphatic heterocycles. The molecule has 1 N–H and O–H groups in total. The molecule has 0 radical (unpaired) electrons. The molecule has 2 rings (SSSR count). The molecule has 0 aromatic carbocycles. The van der Waals surface area contributed by atoms with E-state index < -0.39 is 0 Å². The highest BCUT2D eigenvalue weighted by Gasteiger charge is 2.20. The van der Waals surface area contributed by atoms with Crippen molar-refractivity contribution in [3.63, 3.8) is 0 Å². The summed E-state index contributed by atoms with van der Waals surface area (Å²) in [6.45, 7) is 5.90. The monoisotopic (exact) mass is 263 g/mol. The van der Waals surface area contributed by atoms with Crippen molar-refractivity contribution >= 4 is 0 Å². The average Bonchev–Trinajstić information content (AvgIpc) is 2.83. The molecule has 1 aromatic rings. The van der Waals surface area contributed by atoms with Crippen LogP contribution in [0.3, 0.4) is 0 Å². The van der Waals surface area contributed by atoms with Crippen LogP contribution < -0.4 is 10.1 Å². The van der Waals surface area contributed by atoms with Gasteiger partial charge >= 0.3 is 0 Å². The van der Waals surface area contributed by atoms with Crippen molar-refractivity contribution in [2.24, 2.45) is 0 Å². The molecule has 1 aromatic heterocycles. The molecule has 0 aliphatic carbocycles. The summed E-state index contributed by atoms with van der Waals surface area (Å²) in [6.07, 6.45) is 7.42. The first-order chi connectivity index (χ1) is 9.31. The lowest BCUT2D eigenvalue weighted by molar-refractivity contribution is 0.232. The molecule has 106 valence electrons. The normalized spacial score (nSPS) is 19.8. The topological polar surface area (TPSA) is 37.4 Å². The van der Waals surface area contributed by atoms with E-state index in [-0.39, 0.29) is 0 Å². The Hall–Kier alpha value is -1.13. The highest BCUT2D eigenvalue weighted by molar-refractivity contribution is 5.29. The second-order valence-electron chi connectivity index (χ2n) is 5.18. The molecule has 1 fully saturated rings. The van der Waals surface area contributed by atoms with E-state index in [2.05, 4.69) is 29.2 Å². The van der Waals surface area contributed by atoms with E-state index >= 15 is 0 Å². The molecular weight excluding hydrogens is 238 g/mol. The molecule has 1 aliphatic rings. The van der Waals surface area contributed by atoms with Crippen molar-refractivity contribution < 1.29 is 4.74 Å². The number of rotatable bonds is 7. The van der Waals surface area contributed by atoms with Crippen LogP contribution in [0.25, 0.3) is 0 Å². The lowest BCUT2D eigenvalue weighted by Crippen LogP contribution is -2.26. The van der Waals surface area contributed by atoms with E-state index in [0.29, 0.717) is 6.04 Å². The summed E-state index contributed by atoms with van der Waals surface area (Å²) < 4.78 is 5.94. The van der Waals surface area contributed by atoms with Gasteiger partial charge in [0.15, 0.2) is 0 Å². The third-order valence-electron chi connectivity index (χ3n) is 3.80. The van der Waals surface area contributed by atoms with E-state index in [1.54, 1.807) is 6.20 Å². The first-order valence-electron chi connectivity index (χ1n) is 7.28. The van der Waals surface area contributed by atoms with Crippen molar-refractivity contribution in [1.29, 1.82) is 0 Å². The maximum atomic E-state index is 5.94. The second-order valence-corrected chi connectivity index (χ2v) is 5.18. The third kappa shape index (κ3) is 4.18. The van der Waals surface area contributed by atoms with Crippen LogP contribution in [0.15, 0.2) is 18.5 Å². The largest absolute Gasteiger partial charge is 0.493 e. The molecule has 4 heteroatoms. The van der Waals surface area contributed by atoms with E-state index in [0.717, 1.165) is 37.4 Å². The highest BCUT2D eigenvalue weighted by atomic mass is 16.5. The van der Waals surface area contributed by atoms with Gasteiger partial charge in [0.25, 0.3) is 0 Å². The molecule has 2 heterocycles. The Balaban J connectivity index is 1.81. The van der Waals surface area contributed by atoms with Gasteiger partial charge in [-0.2, -0.15) is 0 Å². The van der Waals surface area contributed by atoms with Gasteiger partial charge in [0.05, 0.1) is 6.61 Å². The maximum Gasteiger partial charge on any atom is 0.126 e. The molecule has 1 unspecified atom stereocenters. The number of aromatic nitrogens is 1. The van der Waals surface area contributed by atoms with E-state index in [4.69, 9.17) is 4.74 Å². The molecule has 1 saturated heterocycles. The quantitative estimate of drug-likeness (QED) is 0.817. The standard InChI is InChI=1S/C15H25N3O/c1-3-16-11-13-12-17-8-6-15(13)19-10-7-14-5-4-9-18(14)2/h6,8,12,14,16H,3-5,7,9-11H2,1-2H3. The fourth-order valence-corrected chi connectivity index (χ4v) is 2.60.